The highest BCUT2D eigenvalue weighted by atomic mass is 15.2. The molecule has 6 aromatic rings. The number of anilines is 6. The molecule has 0 saturated carbocycles. The van der Waals surface area contributed by atoms with Crippen molar-refractivity contribution in [2.45, 2.75) is 38.5 Å². The van der Waals surface area contributed by atoms with Crippen LogP contribution in [0.25, 0.3) is 10.8 Å². The fourth-order valence-electron chi connectivity index (χ4n) is 9.02. The first-order valence-corrected chi connectivity index (χ1v) is 15.5. The standard InChI is InChI=1S/C40H31BN2/c1-39(2)26-15-7-9-21-32(26)42-34-23-24-13-5-6-14-25(24)36-35(34)41(30-19-11-17-28(39)37(30)42)31-20-12-18-29-38(31)43(36)33-22-10-8-16-27(33)40(29,3)4/h5-23H,1-4H3. The van der Waals surface area contributed by atoms with Crippen molar-refractivity contribution >= 4 is 68.0 Å². The predicted molar refractivity (Wildman–Crippen MR) is 182 cm³/mol. The van der Waals surface area contributed by atoms with Crippen molar-refractivity contribution in [2.24, 2.45) is 0 Å². The van der Waals surface area contributed by atoms with Crippen molar-refractivity contribution in [1.82, 2.24) is 0 Å². The van der Waals surface area contributed by atoms with Gasteiger partial charge in [-0.15, -0.1) is 0 Å². The number of nitrogens with zero attached hydrogens (tertiary/aromatic N) is 2. The van der Waals surface area contributed by atoms with Crippen LogP contribution in [0.4, 0.5) is 34.1 Å². The molecule has 0 fully saturated rings. The van der Waals surface area contributed by atoms with E-state index in [9.17, 15) is 0 Å². The third kappa shape index (κ3) is 2.65. The minimum atomic E-state index is -0.110. The maximum Gasteiger partial charge on any atom is 0.252 e. The molecular formula is C40H31BN2. The van der Waals surface area contributed by atoms with Crippen molar-refractivity contribution in [3.8, 4) is 0 Å². The van der Waals surface area contributed by atoms with Crippen LogP contribution in [0.15, 0.2) is 115 Å². The molecule has 43 heavy (non-hydrogen) atoms. The molecule has 204 valence electrons. The second-order valence-electron chi connectivity index (χ2n) is 13.8. The van der Waals surface area contributed by atoms with Gasteiger partial charge < -0.3 is 9.80 Å². The summed E-state index contributed by atoms with van der Waals surface area (Å²) in [7, 11) is 0. The Kier molecular flexibility index (Phi) is 4.20. The molecular weight excluding hydrogens is 519 g/mol. The van der Waals surface area contributed by atoms with Gasteiger partial charge in [0.05, 0.1) is 17.1 Å². The third-order valence-corrected chi connectivity index (χ3v) is 11.0. The first-order chi connectivity index (χ1) is 20.9. The highest BCUT2D eigenvalue weighted by molar-refractivity contribution is 7.00. The smallest absolute Gasteiger partial charge is 0.252 e. The van der Waals surface area contributed by atoms with Crippen LogP contribution in [0.5, 0.6) is 0 Å². The Hall–Kier alpha value is -4.76. The zero-order chi connectivity index (χ0) is 28.8. The van der Waals surface area contributed by atoms with Crippen molar-refractivity contribution in [2.75, 3.05) is 9.80 Å². The molecule has 0 saturated heterocycles. The molecule has 0 unspecified atom stereocenters. The summed E-state index contributed by atoms with van der Waals surface area (Å²) < 4.78 is 0. The minimum Gasteiger partial charge on any atom is -0.311 e. The molecule has 4 aliphatic heterocycles. The lowest BCUT2D eigenvalue weighted by Crippen LogP contribution is -2.63. The second kappa shape index (κ2) is 7.60. The Balaban J connectivity index is 1.43. The molecule has 0 aliphatic carbocycles. The fraction of sp³-hybridized carbons (Fsp3) is 0.150. The summed E-state index contributed by atoms with van der Waals surface area (Å²) >= 11 is 0. The van der Waals surface area contributed by atoms with Gasteiger partial charge in [-0.3, -0.25) is 0 Å². The van der Waals surface area contributed by atoms with Gasteiger partial charge in [-0.05, 0) is 62.2 Å². The van der Waals surface area contributed by atoms with E-state index in [-0.39, 0.29) is 17.5 Å². The zero-order valence-corrected chi connectivity index (χ0v) is 24.9. The summed E-state index contributed by atoms with van der Waals surface area (Å²) in [4.78, 5) is 5.22. The van der Waals surface area contributed by atoms with Gasteiger partial charge in [-0.1, -0.05) is 125 Å². The normalized spacial score (nSPS) is 17.1. The Morgan fingerprint density at radius 1 is 0.465 bits per heavy atom. The lowest BCUT2D eigenvalue weighted by atomic mass is 9.32. The topological polar surface area (TPSA) is 6.48 Å². The van der Waals surface area contributed by atoms with Gasteiger partial charge in [0.2, 0.25) is 0 Å². The monoisotopic (exact) mass is 550 g/mol. The highest BCUT2D eigenvalue weighted by Gasteiger charge is 2.51. The quantitative estimate of drug-likeness (QED) is 0.176. The van der Waals surface area contributed by atoms with Gasteiger partial charge >= 0.3 is 0 Å². The van der Waals surface area contributed by atoms with Crippen LogP contribution in [0.2, 0.25) is 0 Å². The van der Waals surface area contributed by atoms with Gasteiger partial charge in [-0.25, -0.2) is 0 Å². The molecule has 0 N–H and O–H groups in total. The van der Waals surface area contributed by atoms with Gasteiger partial charge in [0.1, 0.15) is 0 Å². The Bertz CT molecular complexity index is 2210. The Morgan fingerprint density at radius 3 is 1.63 bits per heavy atom. The van der Waals surface area contributed by atoms with E-state index in [0.717, 1.165) is 0 Å². The van der Waals surface area contributed by atoms with Crippen molar-refractivity contribution in [3.63, 3.8) is 0 Å². The summed E-state index contributed by atoms with van der Waals surface area (Å²) in [5, 5.41) is 2.59. The summed E-state index contributed by atoms with van der Waals surface area (Å²) in [5.74, 6) is 0. The van der Waals surface area contributed by atoms with E-state index in [1.807, 2.05) is 0 Å². The molecule has 3 heteroatoms. The SMILES string of the molecule is CC1(C)c2ccccc2N2c3cc4ccccc4c4c3B(c3cccc1c32)c1cccc2c1N4c1ccccc1C2(C)C. The van der Waals surface area contributed by atoms with Crippen LogP contribution in [0.1, 0.15) is 49.9 Å². The van der Waals surface area contributed by atoms with E-state index in [0.29, 0.717) is 0 Å². The van der Waals surface area contributed by atoms with Crippen LogP contribution in [-0.4, -0.2) is 6.71 Å². The number of hydrogen-bond donors (Lipinski definition) is 0. The number of para-hydroxylation sites is 4. The summed E-state index contributed by atoms with van der Waals surface area (Å²) in [6.07, 6.45) is 0. The highest BCUT2D eigenvalue weighted by Crippen LogP contribution is 2.57. The Labute approximate surface area is 253 Å². The van der Waals surface area contributed by atoms with Crippen molar-refractivity contribution < 1.29 is 0 Å². The van der Waals surface area contributed by atoms with Crippen LogP contribution in [-0.2, 0) is 10.8 Å². The molecule has 6 aromatic carbocycles. The number of benzene rings is 6. The third-order valence-electron chi connectivity index (χ3n) is 11.0. The van der Waals surface area contributed by atoms with Crippen molar-refractivity contribution in [1.29, 1.82) is 0 Å². The molecule has 0 spiro atoms. The van der Waals surface area contributed by atoms with Gasteiger partial charge in [0.15, 0.2) is 0 Å². The maximum absolute atomic E-state index is 2.62. The average molecular weight is 551 g/mol. The van der Waals surface area contributed by atoms with Gasteiger partial charge in [0.25, 0.3) is 6.71 Å². The van der Waals surface area contributed by atoms with E-state index in [1.54, 1.807) is 0 Å². The van der Waals surface area contributed by atoms with E-state index in [2.05, 4.69) is 153 Å². The van der Waals surface area contributed by atoms with Crippen LogP contribution >= 0.6 is 0 Å². The van der Waals surface area contributed by atoms with E-state index in [1.165, 1.54) is 83.5 Å². The number of fused-ring (bicyclic) bond motifs is 10. The first-order valence-electron chi connectivity index (χ1n) is 15.5. The molecule has 0 atom stereocenters. The minimum absolute atomic E-state index is 0.104. The molecule has 10 rings (SSSR count). The lowest BCUT2D eigenvalue weighted by molar-refractivity contribution is 0.632. The zero-order valence-electron chi connectivity index (χ0n) is 24.9. The predicted octanol–water partition coefficient (Wildman–Crippen LogP) is 8.20. The lowest BCUT2D eigenvalue weighted by Gasteiger charge is -2.52. The maximum atomic E-state index is 2.62. The van der Waals surface area contributed by atoms with Crippen molar-refractivity contribution in [3.05, 3.63) is 138 Å². The summed E-state index contributed by atoms with van der Waals surface area (Å²) in [6.45, 7) is 9.73. The molecule has 4 heterocycles. The van der Waals surface area contributed by atoms with E-state index >= 15 is 0 Å². The largest absolute Gasteiger partial charge is 0.311 e. The van der Waals surface area contributed by atoms with Gasteiger partial charge in [-0.2, -0.15) is 0 Å². The number of hydrogen-bond acceptors (Lipinski definition) is 2. The summed E-state index contributed by atoms with van der Waals surface area (Å²) in [6, 6.07) is 43.7. The van der Waals surface area contributed by atoms with Crippen LogP contribution in [0, 0.1) is 0 Å². The molecule has 4 aliphatic rings. The fourth-order valence-corrected chi connectivity index (χ4v) is 9.02. The van der Waals surface area contributed by atoms with E-state index in [4.69, 9.17) is 0 Å². The second-order valence-corrected chi connectivity index (χ2v) is 13.8. The van der Waals surface area contributed by atoms with E-state index < -0.39 is 0 Å². The van der Waals surface area contributed by atoms with Gasteiger partial charge in [0, 0.05) is 33.3 Å². The Morgan fingerprint density at radius 2 is 0.977 bits per heavy atom. The average Bonchev–Trinajstić information content (AvgIpc) is 3.03. The van der Waals surface area contributed by atoms with Crippen LogP contribution in [0.3, 0.4) is 0 Å². The molecule has 0 bridgehead atoms. The van der Waals surface area contributed by atoms with Crippen LogP contribution < -0.4 is 26.2 Å². The molecule has 0 aromatic heterocycles. The summed E-state index contributed by atoms with van der Waals surface area (Å²) in [5.41, 5.74) is 17.6. The molecule has 2 nitrogen and oxygen atoms in total. The first kappa shape index (κ1) is 23.8. The molecule has 0 amide bonds. The number of rotatable bonds is 0. The molecule has 0 radical (unpaired) electrons.